The lowest BCUT2D eigenvalue weighted by molar-refractivity contribution is 0.637. The van der Waals surface area contributed by atoms with E-state index < -0.39 is 0 Å². The summed E-state index contributed by atoms with van der Waals surface area (Å²) in [5, 5.41) is 10.6. The molecule has 2 heterocycles. The zero-order valence-electron chi connectivity index (χ0n) is 10.1. The summed E-state index contributed by atoms with van der Waals surface area (Å²) < 4.78 is 1.93. The minimum Gasteiger partial charge on any atom is -0.387 e. The molecule has 0 radical (unpaired) electrons. The van der Waals surface area contributed by atoms with Crippen molar-refractivity contribution in [2.45, 2.75) is 13.5 Å². The minimum atomic E-state index is 0.829. The number of hydrogen-bond donors (Lipinski definition) is 2. The first kappa shape index (κ1) is 11.4. The molecule has 90 valence electrons. The highest BCUT2D eigenvalue weighted by atomic mass is 15.3. The Bertz CT molecular complexity index is 477. The molecule has 2 aromatic heterocycles. The maximum Gasteiger partial charge on any atom is 0.0582 e. The molecule has 5 nitrogen and oxygen atoms in total. The van der Waals surface area contributed by atoms with E-state index in [1.54, 1.807) is 6.20 Å². The van der Waals surface area contributed by atoms with E-state index in [1.807, 2.05) is 43.3 Å². The van der Waals surface area contributed by atoms with Crippen molar-refractivity contribution in [2.24, 2.45) is 0 Å². The fraction of sp³-hybridized carbons (Fsp3) is 0.333. The smallest absolute Gasteiger partial charge is 0.0582 e. The summed E-state index contributed by atoms with van der Waals surface area (Å²) in [5.74, 6) is 0. The minimum absolute atomic E-state index is 0.829. The van der Waals surface area contributed by atoms with E-state index in [4.69, 9.17) is 0 Å². The first-order chi connectivity index (χ1) is 8.28. The fourth-order valence-electron chi connectivity index (χ4n) is 1.58. The van der Waals surface area contributed by atoms with Gasteiger partial charge in [0.05, 0.1) is 36.5 Å². The number of pyridine rings is 1. The highest BCUT2D eigenvalue weighted by molar-refractivity contribution is 5.53. The summed E-state index contributed by atoms with van der Waals surface area (Å²) in [4.78, 5) is 4.14. The van der Waals surface area contributed by atoms with Gasteiger partial charge in [-0.25, -0.2) is 0 Å². The van der Waals surface area contributed by atoms with Crippen molar-refractivity contribution >= 4 is 11.4 Å². The number of rotatable bonds is 5. The predicted octanol–water partition coefficient (Wildman–Crippen LogP) is 1.74. The monoisotopic (exact) mass is 231 g/mol. The quantitative estimate of drug-likeness (QED) is 0.823. The van der Waals surface area contributed by atoms with Crippen molar-refractivity contribution in [3.63, 3.8) is 0 Å². The molecule has 2 N–H and O–H groups in total. The maximum absolute atomic E-state index is 4.23. The van der Waals surface area contributed by atoms with Gasteiger partial charge >= 0.3 is 0 Å². The van der Waals surface area contributed by atoms with Crippen LogP contribution in [0.15, 0.2) is 30.9 Å². The van der Waals surface area contributed by atoms with Crippen LogP contribution in [0.3, 0.4) is 0 Å². The number of anilines is 2. The molecule has 0 aliphatic carbocycles. The zero-order valence-corrected chi connectivity index (χ0v) is 10.1. The summed E-state index contributed by atoms with van der Waals surface area (Å²) in [6.07, 6.45) is 7.50. The molecule has 0 saturated carbocycles. The second-order valence-corrected chi connectivity index (χ2v) is 3.92. The molecule has 2 rings (SSSR count). The van der Waals surface area contributed by atoms with Crippen molar-refractivity contribution in [3.8, 4) is 0 Å². The third-order valence-corrected chi connectivity index (χ3v) is 2.46. The van der Waals surface area contributed by atoms with Crippen molar-refractivity contribution in [3.05, 3.63) is 36.4 Å². The van der Waals surface area contributed by atoms with Crippen LogP contribution in [-0.4, -0.2) is 28.4 Å². The molecule has 17 heavy (non-hydrogen) atoms. The van der Waals surface area contributed by atoms with Gasteiger partial charge in [-0.2, -0.15) is 5.10 Å². The van der Waals surface area contributed by atoms with Gasteiger partial charge in [0.25, 0.3) is 0 Å². The molecule has 0 aromatic carbocycles. The second-order valence-electron chi connectivity index (χ2n) is 3.92. The highest BCUT2D eigenvalue weighted by Crippen LogP contribution is 2.11. The number of aryl methyl sites for hydroxylation is 1. The van der Waals surface area contributed by atoms with Gasteiger partial charge in [0.15, 0.2) is 0 Å². The van der Waals surface area contributed by atoms with E-state index >= 15 is 0 Å². The lowest BCUT2D eigenvalue weighted by Gasteiger charge is -2.07. The summed E-state index contributed by atoms with van der Waals surface area (Å²) in [5.41, 5.74) is 3.20. The molecule has 0 saturated heterocycles. The molecule has 5 heteroatoms. The molecule has 0 atom stereocenters. The Morgan fingerprint density at radius 3 is 2.76 bits per heavy atom. The van der Waals surface area contributed by atoms with Crippen LogP contribution in [-0.2, 0) is 6.54 Å². The lowest BCUT2D eigenvalue weighted by Crippen LogP contribution is -2.11. The van der Waals surface area contributed by atoms with E-state index in [2.05, 4.69) is 20.7 Å². The van der Waals surface area contributed by atoms with Crippen LogP contribution in [0.4, 0.5) is 11.4 Å². The van der Waals surface area contributed by atoms with Crippen molar-refractivity contribution < 1.29 is 0 Å². The Morgan fingerprint density at radius 2 is 2.06 bits per heavy atom. The van der Waals surface area contributed by atoms with Gasteiger partial charge < -0.3 is 10.6 Å². The zero-order chi connectivity index (χ0) is 12.1. The Labute approximate surface area is 101 Å². The molecular formula is C12H17N5. The summed E-state index contributed by atoms with van der Waals surface area (Å²) in [6, 6.07) is 2.03. The number of nitrogens with one attached hydrogen (secondary N) is 2. The van der Waals surface area contributed by atoms with Crippen LogP contribution in [0.1, 0.15) is 5.56 Å². The Balaban J connectivity index is 1.85. The third kappa shape index (κ3) is 3.21. The molecule has 0 aliphatic heterocycles. The standard InChI is InChI=1S/C12H17N5/c1-10-6-16-17(9-10)4-3-15-12-5-11(13-2)7-14-8-12/h5-9,13,15H,3-4H2,1-2H3. The largest absolute Gasteiger partial charge is 0.387 e. The fourth-order valence-corrected chi connectivity index (χ4v) is 1.58. The predicted molar refractivity (Wildman–Crippen MR) is 69.2 cm³/mol. The number of nitrogens with zero attached hydrogens (tertiary/aromatic N) is 3. The average Bonchev–Trinajstić information content (AvgIpc) is 2.75. The average molecular weight is 231 g/mol. The van der Waals surface area contributed by atoms with Gasteiger partial charge in [0.1, 0.15) is 0 Å². The van der Waals surface area contributed by atoms with Crippen molar-refractivity contribution in [2.75, 3.05) is 24.2 Å². The summed E-state index contributed by atoms with van der Waals surface area (Å²) in [6.45, 7) is 3.71. The van der Waals surface area contributed by atoms with Crippen LogP contribution in [0.25, 0.3) is 0 Å². The molecule has 0 fully saturated rings. The van der Waals surface area contributed by atoms with Crippen LogP contribution in [0.2, 0.25) is 0 Å². The molecule has 0 unspecified atom stereocenters. The number of hydrogen-bond acceptors (Lipinski definition) is 4. The molecule has 0 spiro atoms. The Hall–Kier alpha value is -2.04. The first-order valence-corrected chi connectivity index (χ1v) is 5.63. The van der Waals surface area contributed by atoms with Crippen molar-refractivity contribution in [1.29, 1.82) is 0 Å². The van der Waals surface area contributed by atoms with Crippen LogP contribution >= 0.6 is 0 Å². The molecule has 0 amide bonds. The lowest BCUT2D eigenvalue weighted by atomic mass is 10.3. The molecule has 2 aromatic rings. The van der Waals surface area contributed by atoms with Gasteiger partial charge in [-0.05, 0) is 18.6 Å². The number of aromatic nitrogens is 3. The normalized spacial score (nSPS) is 10.2. The van der Waals surface area contributed by atoms with Crippen LogP contribution < -0.4 is 10.6 Å². The Morgan fingerprint density at radius 1 is 1.24 bits per heavy atom. The van der Waals surface area contributed by atoms with Gasteiger partial charge in [-0.3, -0.25) is 9.67 Å². The molecule has 0 aliphatic rings. The van der Waals surface area contributed by atoms with E-state index in [9.17, 15) is 0 Å². The topological polar surface area (TPSA) is 54.8 Å². The van der Waals surface area contributed by atoms with Crippen LogP contribution in [0.5, 0.6) is 0 Å². The van der Waals surface area contributed by atoms with Crippen molar-refractivity contribution in [1.82, 2.24) is 14.8 Å². The molecule has 0 bridgehead atoms. The molecular weight excluding hydrogens is 214 g/mol. The first-order valence-electron chi connectivity index (χ1n) is 5.63. The SMILES string of the molecule is CNc1cncc(NCCn2cc(C)cn2)c1. The third-order valence-electron chi connectivity index (χ3n) is 2.46. The maximum atomic E-state index is 4.23. The van der Waals surface area contributed by atoms with E-state index in [0.29, 0.717) is 0 Å². The van der Waals surface area contributed by atoms with E-state index in [1.165, 1.54) is 5.56 Å². The van der Waals surface area contributed by atoms with Gasteiger partial charge in [-0.1, -0.05) is 0 Å². The van der Waals surface area contributed by atoms with E-state index in [0.717, 1.165) is 24.5 Å². The second kappa shape index (κ2) is 5.34. The van der Waals surface area contributed by atoms with Crippen LogP contribution in [0, 0.1) is 6.92 Å². The summed E-state index contributed by atoms with van der Waals surface area (Å²) in [7, 11) is 1.88. The van der Waals surface area contributed by atoms with Gasteiger partial charge in [0.2, 0.25) is 0 Å². The summed E-state index contributed by atoms with van der Waals surface area (Å²) >= 11 is 0. The van der Waals surface area contributed by atoms with E-state index in [-0.39, 0.29) is 0 Å². The van der Waals surface area contributed by atoms with Gasteiger partial charge in [0, 0.05) is 19.8 Å². The van der Waals surface area contributed by atoms with Gasteiger partial charge in [-0.15, -0.1) is 0 Å². The Kier molecular flexibility index (Phi) is 3.59. The highest BCUT2D eigenvalue weighted by Gasteiger charge is 1.96.